The first kappa shape index (κ1) is 12.7. The third kappa shape index (κ3) is 3.65. The summed E-state index contributed by atoms with van der Waals surface area (Å²) in [7, 11) is 0. The molecule has 18 heavy (non-hydrogen) atoms. The van der Waals surface area contributed by atoms with Crippen LogP contribution in [0.1, 0.15) is 18.4 Å². The van der Waals surface area contributed by atoms with Gasteiger partial charge in [-0.1, -0.05) is 18.2 Å². The van der Waals surface area contributed by atoms with E-state index in [2.05, 4.69) is 10.1 Å². The van der Waals surface area contributed by atoms with Gasteiger partial charge in [0.2, 0.25) is 5.91 Å². The summed E-state index contributed by atoms with van der Waals surface area (Å²) in [5.41, 5.74) is 0.309. The van der Waals surface area contributed by atoms with Crippen molar-refractivity contribution in [2.45, 2.75) is 25.7 Å². The van der Waals surface area contributed by atoms with Gasteiger partial charge in [-0.15, -0.1) is 13.2 Å². The quantitative estimate of drug-likeness (QED) is 0.902. The fourth-order valence-electron chi connectivity index (χ4n) is 1.55. The average molecular weight is 259 g/mol. The van der Waals surface area contributed by atoms with Crippen molar-refractivity contribution in [3.05, 3.63) is 29.8 Å². The highest BCUT2D eigenvalue weighted by Gasteiger charge is 2.32. The van der Waals surface area contributed by atoms with Gasteiger partial charge in [0.15, 0.2) is 0 Å². The van der Waals surface area contributed by atoms with Crippen molar-refractivity contribution in [2.75, 3.05) is 0 Å². The van der Waals surface area contributed by atoms with E-state index in [1.165, 1.54) is 18.2 Å². The Labute approximate surface area is 102 Å². The van der Waals surface area contributed by atoms with E-state index in [4.69, 9.17) is 0 Å². The molecule has 0 heterocycles. The maximum Gasteiger partial charge on any atom is 0.573 e. The molecule has 1 amide bonds. The van der Waals surface area contributed by atoms with Crippen molar-refractivity contribution < 1.29 is 22.7 Å². The summed E-state index contributed by atoms with van der Waals surface area (Å²) in [6, 6.07) is 5.77. The van der Waals surface area contributed by atoms with Crippen LogP contribution in [0.3, 0.4) is 0 Å². The lowest BCUT2D eigenvalue weighted by Gasteiger charge is -2.13. The van der Waals surface area contributed by atoms with Gasteiger partial charge in [-0.2, -0.15) is 0 Å². The molecule has 1 aliphatic rings. The molecule has 0 saturated heterocycles. The molecule has 1 aliphatic carbocycles. The Morgan fingerprint density at radius 2 is 2.00 bits per heavy atom. The van der Waals surface area contributed by atoms with Crippen LogP contribution in [0.2, 0.25) is 0 Å². The summed E-state index contributed by atoms with van der Waals surface area (Å²) in [5, 5.41) is 2.60. The van der Waals surface area contributed by atoms with E-state index in [1.807, 2.05) is 0 Å². The van der Waals surface area contributed by atoms with Crippen molar-refractivity contribution >= 4 is 5.91 Å². The number of nitrogens with one attached hydrogen (secondary N) is 1. The first-order valence-corrected chi connectivity index (χ1v) is 5.57. The summed E-state index contributed by atoms with van der Waals surface area (Å²) in [6.45, 7) is 0.0432. The molecular formula is C12H12F3NO2. The molecule has 0 spiro atoms. The predicted molar refractivity (Wildman–Crippen MR) is 57.7 cm³/mol. The Kier molecular flexibility index (Phi) is 3.45. The van der Waals surface area contributed by atoms with Gasteiger partial charge in [-0.25, -0.2) is 0 Å². The van der Waals surface area contributed by atoms with Crippen LogP contribution in [-0.2, 0) is 11.3 Å². The van der Waals surface area contributed by atoms with Gasteiger partial charge >= 0.3 is 6.36 Å². The van der Waals surface area contributed by atoms with Gasteiger partial charge in [-0.3, -0.25) is 4.79 Å². The summed E-state index contributed by atoms with van der Waals surface area (Å²) < 4.78 is 40.3. The third-order valence-corrected chi connectivity index (χ3v) is 2.60. The number of rotatable bonds is 4. The van der Waals surface area contributed by atoms with Crippen LogP contribution in [0.25, 0.3) is 0 Å². The van der Waals surface area contributed by atoms with Crippen molar-refractivity contribution in [1.82, 2.24) is 5.32 Å². The van der Waals surface area contributed by atoms with Crippen molar-refractivity contribution in [1.29, 1.82) is 0 Å². The first-order valence-electron chi connectivity index (χ1n) is 5.57. The van der Waals surface area contributed by atoms with Crippen molar-refractivity contribution in [3.8, 4) is 5.75 Å². The molecule has 0 atom stereocenters. The number of carbonyl (C=O) groups excluding carboxylic acids is 1. The molecule has 0 aliphatic heterocycles. The van der Waals surface area contributed by atoms with Crippen LogP contribution in [0.15, 0.2) is 24.3 Å². The molecule has 0 aromatic heterocycles. The minimum atomic E-state index is -4.73. The van der Waals surface area contributed by atoms with E-state index in [-0.39, 0.29) is 24.1 Å². The van der Waals surface area contributed by atoms with E-state index in [1.54, 1.807) is 6.07 Å². The molecule has 3 nitrogen and oxygen atoms in total. The summed E-state index contributed by atoms with van der Waals surface area (Å²) in [5.74, 6) is -0.362. The van der Waals surface area contributed by atoms with Gasteiger partial charge in [0.05, 0.1) is 0 Å². The Hall–Kier alpha value is -1.72. The number of alkyl halides is 3. The zero-order valence-corrected chi connectivity index (χ0v) is 9.46. The van der Waals surface area contributed by atoms with Crippen LogP contribution >= 0.6 is 0 Å². The van der Waals surface area contributed by atoms with E-state index >= 15 is 0 Å². The highest BCUT2D eigenvalue weighted by atomic mass is 19.4. The molecular weight excluding hydrogens is 247 g/mol. The lowest BCUT2D eigenvalue weighted by Crippen LogP contribution is -2.25. The molecule has 0 radical (unpaired) electrons. The molecule has 1 N–H and O–H groups in total. The predicted octanol–water partition coefficient (Wildman–Crippen LogP) is 2.61. The zero-order chi connectivity index (χ0) is 13.2. The van der Waals surface area contributed by atoms with E-state index in [9.17, 15) is 18.0 Å². The Morgan fingerprint density at radius 1 is 1.33 bits per heavy atom. The lowest BCUT2D eigenvalue weighted by atomic mass is 10.2. The summed E-state index contributed by atoms with van der Waals surface area (Å²) in [4.78, 5) is 11.4. The maximum atomic E-state index is 12.1. The maximum absolute atomic E-state index is 12.1. The smallest absolute Gasteiger partial charge is 0.405 e. The Balaban J connectivity index is 2.00. The second kappa shape index (κ2) is 4.88. The molecule has 1 aromatic carbocycles. The largest absolute Gasteiger partial charge is 0.573 e. The monoisotopic (exact) mass is 259 g/mol. The molecule has 6 heteroatoms. The number of carbonyl (C=O) groups is 1. The molecule has 2 rings (SSSR count). The number of benzene rings is 1. The van der Waals surface area contributed by atoms with Crippen LogP contribution in [0, 0.1) is 5.92 Å². The molecule has 98 valence electrons. The number of para-hydroxylation sites is 1. The fourth-order valence-corrected chi connectivity index (χ4v) is 1.55. The van der Waals surface area contributed by atoms with Gasteiger partial charge < -0.3 is 10.1 Å². The van der Waals surface area contributed by atoms with Gasteiger partial charge in [0.1, 0.15) is 5.75 Å². The molecule has 0 bridgehead atoms. The number of amides is 1. The van der Waals surface area contributed by atoms with Crippen molar-refractivity contribution in [2.24, 2.45) is 5.92 Å². The van der Waals surface area contributed by atoms with Gasteiger partial charge in [0.25, 0.3) is 0 Å². The van der Waals surface area contributed by atoms with Crippen LogP contribution in [0.5, 0.6) is 5.75 Å². The average Bonchev–Trinajstić information content (AvgIpc) is 3.09. The van der Waals surface area contributed by atoms with Crippen LogP contribution in [0.4, 0.5) is 13.2 Å². The Bertz CT molecular complexity index is 441. The lowest BCUT2D eigenvalue weighted by molar-refractivity contribution is -0.274. The second-order valence-electron chi connectivity index (χ2n) is 4.15. The Morgan fingerprint density at radius 3 is 2.61 bits per heavy atom. The molecule has 1 fully saturated rings. The van der Waals surface area contributed by atoms with Gasteiger partial charge in [0, 0.05) is 18.0 Å². The van der Waals surface area contributed by atoms with Crippen molar-refractivity contribution in [3.63, 3.8) is 0 Å². The van der Waals surface area contributed by atoms with E-state index in [0.29, 0.717) is 5.56 Å². The topological polar surface area (TPSA) is 38.3 Å². The highest BCUT2D eigenvalue weighted by molar-refractivity contribution is 5.80. The van der Waals surface area contributed by atoms with E-state index < -0.39 is 6.36 Å². The molecule has 0 unspecified atom stereocenters. The minimum absolute atomic E-state index is 0.0284. The third-order valence-electron chi connectivity index (χ3n) is 2.60. The zero-order valence-electron chi connectivity index (χ0n) is 9.46. The number of ether oxygens (including phenoxy) is 1. The minimum Gasteiger partial charge on any atom is -0.405 e. The first-order chi connectivity index (χ1) is 8.46. The summed E-state index contributed by atoms with van der Waals surface area (Å²) in [6.07, 6.45) is -3.02. The normalized spacial score (nSPS) is 15.3. The highest BCUT2D eigenvalue weighted by Crippen LogP contribution is 2.29. The van der Waals surface area contributed by atoms with Gasteiger partial charge in [-0.05, 0) is 18.9 Å². The fraction of sp³-hybridized carbons (Fsp3) is 0.417. The van der Waals surface area contributed by atoms with Crippen LogP contribution in [-0.4, -0.2) is 12.3 Å². The molecule has 1 saturated carbocycles. The SMILES string of the molecule is O=C(NCc1ccccc1OC(F)(F)F)C1CC1. The number of hydrogen-bond acceptors (Lipinski definition) is 2. The van der Waals surface area contributed by atoms with Crippen LogP contribution < -0.4 is 10.1 Å². The standard InChI is InChI=1S/C12H12F3NO2/c13-12(14,15)18-10-4-2-1-3-9(10)7-16-11(17)8-5-6-8/h1-4,8H,5-7H2,(H,16,17). The number of halogens is 3. The molecule has 1 aromatic rings. The number of hydrogen-bond donors (Lipinski definition) is 1. The summed E-state index contributed by atoms with van der Waals surface area (Å²) >= 11 is 0. The van der Waals surface area contributed by atoms with E-state index in [0.717, 1.165) is 12.8 Å². The second-order valence-corrected chi connectivity index (χ2v) is 4.15.